The zero-order valence-corrected chi connectivity index (χ0v) is 18.8. The van der Waals surface area contributed by atoms with E-state index < -0.39 is 17.5 Å². The second-order valence-electron chi connectivity index (χ2n) is 7.56. The van der Waals surface area contributed by atoms with Gasteiger partial charge >= 0.3 is 0 Å². The molecule has 0 spiro atoms. The minimum atomic E-state index is -0.832. The number of thioether (sulfide) groups is 1. The van der Waals surface area contributed by atoms with E-state index in [1.165, 1.54) is 17.8 Å². The summed E-state index contributed by atoms with van der Waals surface area (Å²) in [6.07, 6.45) is 3.39. The first-order valence-corrected chi connectivity index (χ1v) is 11.3. The van der Waals surface area contributed by atoms with Crippen LogP contribution in [0.15, 0.2) is 72.1 Å². The molecule has 0 saturated heterocycles. The van der Waals surface area contributed by atoms with Gasteiger partial charge in [0.05, 0.1) is 17.1 Å². The molecule has 168 valence electrons. The first-order chi connectivity index (χ1) is 15.9. The van der Waals surface area contributed by atoms with E-state index in [0.29, 0.717) is 11.0 Å². The highest BCUT2D eigenvalue weighted by Crippen LogP contribution is 2.32. The van der Waals surface area contributed by atoms with Crippen LogP contribution >= 0.6 is 11.8 Å². The van der Waals surface area contributed by atoms with E-state index in [4.69, 9.17) is 0 Å². The van der Waals surface area contributed by atoms with Crippen LogP contribution in [0.4, 0.5) is 14.5 Å². The summed E-state index contributed by atoms with van der Waals surface area (Å²) in [5.41, 5.74) is 2.71. The largest absolute Gasteiger partial charge is 0.323 e. The molecule has 0 aliphatic carbocycles. The lowest BCUT2D eigenvalue weighted by atomic mass is 10.0. The van der Waals surface area contributed by atoms with Crippen LogP contribution in [0.25, 0.3) is 17.1 Å². The molecule has 0 aliphatic rings. The van der Waals surface area contributed by atoms with Gasteiger partial charge in [0, 0.05) is 24.0 Å². The lowest BCUT2D eigenvalue weighted by Crippen LogP contribution is -2.15. The van der Waals surface area contributed by atoms with Crippen molar-refractivity contribution in [3.05, 3.63) is 84.2 Å². The molecule has 0 radical (unpaired) electrons. The fourth-order valence-electron chi connectivity index (χ4n) is 3.35. The molecular formula is C24H21F2N5OS. The highest BCUT2D eigenvalue weighted by Gasteiger charge is 2.20. The van der Waals surface area contributed by atoms with Gasteiger partial charge in [-0.25, -0.2) is 8.78 Å². The standard InChI is InChI=1S/C24H21F2N5OS/c1-15(2)18-7-3-4-8-21(18)31-23(16-6-5-11-27-13-16)29-30-24(31)33-14-22(32)28-20-10-9-17(25)12-19(20)26/h3-13,15H,14H2,1-2H3,(H,28,32). The Morgan fingerprint density at radius 1 is 1.09 bits per heavy atom. The average molecular weight is 466 g/mol. The number of halogens is 2. The number of nitrogens with one attached hydrogen (secondary N) is 1. The van der Waals surface area contributed by atoms with Crippen molar-refractivity contribution in [1.82, 2.24) is 19.7 Å². The number of benzene rings is 2. The van der Waals surface area contributed by atoms with Gasteiger partial charge in [-0.2, -0.15) is 0 Å². The molecule has 9 heteroatoms. The lowest BCUT2D eigenvalue weighted by Gasteiger charge is -2.16. The zero-order chi connectivity index (χ0) is 23.4. The predicted octanol–water partition coefficient (Wildman–Crippen LogP) is 5.46. The fourth-order valence-corrected chi connectivity index (χ4v) is 4.09. The number of aromatic nitrogens is 4. The van der Waals surface area contributed by atoms with E-state index in [1.54, 1.807) is 12.4 Å². The second-order valence-corrected chi connectivity index (χ2v) is 8.50. The summed E-state index contributed by atoms with van der Waals surface area (Å²) in [4.78, 5) is 16.6. The van der Waals surface area contributed by atoms with Crippen molar-refractivity contribution in [3.63, 3.8) is 0 Å². The Morgan fingerprint density at radius 2 is 1.91 bits per heavy atom. The maximum atomic E-state index is 13.9. The Labute approximate surface area is 194 Å². The van der Waals surface area contributed by atoms with E-state index in [0.717, 1.165) is 28.9 Å². The van der Waals surface area contributed by atoms with Gasteiger partial charge in [0.2, 0.25) is 5.91 Å². The maximum Gasteiger partial charge on any atom is 0.234 e. The Kier molecular flexibility index (Phi) is 6.79. The Bertz CT molecular complexity index is 1280. The highest BCUT2D eigenvalue weighted by molar-refractivity contribution is 7.99. The molecule has 2 heterocycles. The number of pyridine rings is 1. The zero-order valence-electron chi connectivity index (χ0n) is 18.0. The van der Waals surface area contributed by atoms with Crippen molar-refractivity contribution in [1.29, 1.82) is 0 Å². The number of carbonyl (C=O) groups excluding carboxylic acids is 1. The SMILES string of the molecule is CC(C)c1ccccc1-n1c(SCC(=O)Nc2ccc(F)cc2F)nnc1-c1cccnc1. The summed E-state index contributed by atoms with van der Waals surface area (Å²) in [5.74, 6) is -1.18. The number of hydrogen-bond acceptors (Lipinski definition) is 5. The molecule has 2 aromatic carbocycles. The third-order valence-electron chi connectivity index (χ3n) is 4.89. The van der Waals surface area contributed by atoms with E-state index in [-0.39, 0.29) is 17.4 Å². The van der Waals surface area contributed by atoms with E-state index in [1.807, 2.05) is 41.0 Å². The van der Waals surface area contributed by atoms with E-state index in [9.17, 15) is 13.6 Å². The Hall–Kier alpha value is -3.59. The number of rotatable bonds is 7. The third-order valence-corrected chi connectivity index (χ3v) is 5.82. The molecule has 0 aliphatic heterocycles. The van der Waals surface area contributed by atoms with Crippen LogP contribution in [0, 0.1) is 11.6 Å². The molecule has 0 atom stereocenters. The average Bonchev–Trinajstić information content (AvgIpc) is 3.24. The lowest BCUT2D eigenvalue weighted by molar-refractivity contribution is -0.113. The number of amides is 1. The minimum absolute atomic E-state index is 0.0359. The molecule has 0 fully saturated rings. The molecule has 1 amide bonds. The second kappa shape index (κ2) is 9.91. The van der Waals surface area contributed by atoms with Crippen LogP contribution in [0.1, 0.15) is 25.3 Å². The minimum Gasteiger partial charge on any atom is -0.323 e. The van der Waals surface area contributed by atoms with Crippen LogP contribution in [-0.4, -0.2) is 31.4 Å². The van der Waals surface area contributed by atoms with Crippen LogP contribution in [0.5, 0.6) is 0 Å². The smallest absolute Gasteiger partial charge is 0.234 e. The molecule has 0 unspecified atom stereocenters. The van der Waals surface area contributed by atoms with Crippen molar-refractivity contribution in [2.24, 2.45) is 0 Å². The van der Waals surface area contributed by atoms with Gasteiger partial charge in [0.15, 0.2) is 11.0 Å². The molecule has 1 N–H and O–H groups in total. The Morgan fingerprint density at radius 3 is 2.64 bits per heavy atom. The first kappa shape index (κ1) is 22.6. The van der Waals surface area contributed by atoms with Gasteiger partial charge in [-0.15, -0.1) is 10.2 Å². The quantitative estimate of drug-likeness (QED) is 0.367. The molecule has 0 bridgehead atoms. The van der Waals surface area contributed by atoms with E-state index in [2.05, 4.69) is 34.3 Å². The summed E-state index contributed by atoms with van der Waals surface area (Å²) < 4.78 is 28.9. The first-order valence-electron chi connectivity index (χ1n) is 10.3. The van der Waals surface area contributed by atoms with Crippen LogP contribution in [0.2, 0.25) is 0 Å². The van der Waals surface area contributed by atoms with E-state index >= 15 is 0 Å². The molecule has 4 aromatic rings. The van der Waals surface area contributed by atoms with Gasteiger partial charge in [0.1, 0.15) is 11.6 Å². The van der Waals surface area contributed by atoms with Gasteiger partial charge in [-0.3, -0.25) is 14.3 Å². The van der Waals surface area contributed by atoms with Crippen molar-refractivity contribution >= 4 is 23.4 Å². The van der Waals surface area contributed by atoms with Gasteiger partial charge in [0.25, 0.3) is 0 Å². The van der Waals surface area contributed by atoms with Crippen molar-refractivity contribution in [2.45, 2.75) is 24.9 Å². The van der Waals surface area contributed by atoms with Crippen molar-refractivity contribution < 1.29 is 13.6 Å². The molecule has 2 aromatic heterocycles. The molecular weight excluding hydrogens is 444 g/mol. The van der Waals surface area contributed by atoms with Crippen molar-refractivity contribution in [2.75, 3.05) is 11.1 Å². The van der Waals surface area contributed by atoms with Crippen LogP contribution in [-0.2, 0) is 4.79 Å². The molecule has 33 heavy (non-hydrogen) atoms. The number of hydrogen-bond donors (Lipinski definition) is 1. The van der Waals surface area contributed by atoms with Crippen molar-refractivity contribution in [3.8, 4) is 17.1 Å². The Balaban J connectivity index is 1.65. The molecule has 4 rings (SSSR count). The summed E-state index contributed by atoms with van der Waals surface area (Å²) >= 11 is 1.17. The topological polar surface area (TPSA) is 72.7 Å². The van der Waals surface area contributed by atoms with Crippen LogP contribution < -0.4 is 5.32 Å². The number of carbonyl (C=O) groups is 1. The fraction of sp³-hybridized carbons (Fsp3) is 0.167. The predicted molar refractivity (Wildman–Crippen MR) is 124 cm³/mol. The number of para-hydroxylation sites is 1. The summed E-state index contributed by atoms with van der Waals surface area (Å²) in [6.45, 7) is 4.20. The molecule has 6 nitrogen and oxygen atoms in total. The number of nitrogens with zero attached hydrogens (tertiary/aromatic N) is 4. The summed E-state index contributed by atoms with van der Waals surface area (Å²) in [7, 11) is 0. The molecule has 0 saturated carbocycles. The summed E-state index contributed by atoms with van der Waals surface area (Å²) in [5, 5.41) is 11.7. The van der Waals surface area contributed by atoms with Gasteiger partial charge < -0.3 is 5.32 Å². The maximum absolute atomic E-state index is 13.9. The third kappa shape index (κ3) is 5.09. The van der Waals surface area contributed by atoms with Gasteiger partial charge in [-0.1, -0.05) is 43.8 Å². The summed E-state index contributed by atoms with van der Waals surface area (Å²) in [6, 6.07) is 14.7. The highest BCUT2D eigenvalue weighted by atomic mass is 32.2. The normalized spacial score (nSPS) is 11.1. The van der Waals surface area contributed by atoms with Crippen LogP contribution in [0.3, 0.4) is 0 Å². The number of anilines is 1. The monoisotopic (exact) mass is 465 g/mol. The van der Waals surface area contributed by atoms with Gasteiger partial charge in [-0.05, 0) is 41.8 Å².